The minimum Gasteiger partial charge on any atom is -0.456 e. The summed E-state index contributed by atoms with van der Waals surface area (Å²) in [4.78, 5) is 2.44. The van der Waals surface area contributed by atoms with E-state index in [-0.39, 0.29) is 0 Å². The summed E-state index contributed by atoms with van der Waals surface area (Å²) in [5.41, 5.74) is 19.1. The Kier molecular flexibility index (Phi) is 8.67. The minimum absolute atomic E-state index is 0.516. The van der Waals surface area contributed by atoms with E-state index in [9.17, 15) is 0 Å². The van der Waals surface area contributed by atoms with Crippen LogP contribution >= 0.6 is 0 Å². The number of rotatable bonds is 7. The van der Waals surface area contributed by atoms with Crippen LogP contribution in [-0.2, 0) is 5.41 Å². The van der Waals surface area contributed by atoms with Crippen molar-refractivity contribution in [1.29, 1.82) is 0 Å². The van der Waals surface area contributed by atoms with Gasteiger partial charge in [-0.3, -0.25) is 0 Å². The van der Waals surface area contributed by atoms with E-state index in [0.717, 1.165) is 102 Å². The van der Waals surface area contributed by atoms with Gasteiger partial charge in [-0.1, -0.05) is 182 Å². The van der Waals surface area contributed by atoms with Crippen LogP contribution in [0, 0.1) is 0 Å². The van der Waals surface area contributed by atoms with Crippen molar-refractivity contribution in [3.05, 3.63) is 265 Å². The van der Waals surface area contributed by atoms with Crippen molar-refractivity contribution in [3.8, 4) is 27.9 Å². The second-order valence-electron chi connectivity index (χ2n) is 19.0. The lowest BCUT2D eigenvalue weighted by atomic mass is 9.66. The van der Waals surface area contributed by atoms with Crippen LogP contribution in [0.2, 0.25) is 0 Å². The molecule has 0 aliphatic heterocycles. The van der Waals surface area contributed by atoms with Gasteiger partial charge in [0.05, 0.1) is 27.5 Å². The van der Waals surface area contributed by atoms with Crippen LogP contribution in [-0.4, -0.2) is 4.57 Å². The summed E-state index contributed by atoms with van der Waals surface area (Å²) in [6, 6.07) is 81.5. The van der Waals surface area contributed by atoms with Crippen LogP contribution in [0.3, 0.4) is 0 Å². The molecule has 3 heterocycles. The summed E-state index contributed by atoms with van der Waals surface area (Å²) < 4.78 is 16.5. The molecule has 0 amide bonds. The maximum atomic E-state index is 7.39. The lowest BCUT2D eigenvalue weighted by molar-refractivity contribution is 0.662. The normalized spacial score (nSPS) is 15.3. The smallest absolute Gasteiger partial charge is 0.160 e. The largest absolute Gasteiger partial charge is 0.456 e. The van der Waals surface area contributed by atoms with Crippen molar-refractivity contribution >= 4 is 82.7 Å². The molecule has 4 nitrogen and oxygen atoms in total. The van der Waals surface area contributed by atoms with Crippen LogP contribution in [0.15, 0.2) is 257 Å². The minimum atomic E-state index is -0.516. The van der Waals surface area contributed by atoms with Crippen LogP contribution in [0.1, 0.15) is 29.5 Å². The molecule has 0 N–H and O–H groups in total. The fourth-order valence-corrected chi connectivity index (χ4v) is 12.3. The number of nitrogens with zero attached hydrogens (tertiary/aromatic N) is 2. The predicted molar refractivity (Wildman–Crippen MR) is 294 cm³/mol. The van der Waals surface area contributed by atoms with Gasteiger partial charge in [0.25, 0.3) is 0 Å². The number of para-hydroxylation sites is 4. The van der Waals surface area contributed by atoms with Crippen molar-refractivity contribution in [2.75, 3.05) is 4.90 Å². The molecule has 334 valence electrons. The molecule has 10 aromatic carbocycles. The van der Waals surface area contributed by atoms with E-state index >= 15 is 0 Å². The Morgan fingerprint density at radius 3 is 1.87 bits per heavy atom. The monoisotopic (exact) mass is 908 g/mol. The summed E-state index contributed by atoms with van der Waals surface area (Å²) in [6.45, 7) is 0. The average molecular weight is 909 g/mol. The van der Waals surface area contributed by atoms with Gasteiger partial charge in [-0.15, -0.1) is 0 Å². The Balaban J connectivity index is 1.01. The fourth-order valence-electron chi connectivity index (χ4n) is 12.3. The summed E-state index contributed by atoms with van der Waals surface area (Å²) in [5, 5.41) is 6.49. The molecule has 1 atom stereocenters. The molecule has 0 bridgehead atoms. The molecule has 3 aromatic heterocycles. The first-order chi connectivity index (χ1) is 35.2. The van der Waals surface area contributed by atoms with Gasteiger partial charge < -0.3 is 18.3 Å². The zero-order valence-electron chi connectivity index (χ0n) is 38.7. The van der Waals surface area contributed by atoms with E-state index in [1.54, 1.807) is 0 Å². The van der Waals surface area contributed by atoms with Gasteiger partial charge in [-0.25, -0.2) is 0 Å². The molecule has 71 heavy (non-hydrogen) atoms. The van der Waals surface area contributed by atoms with Crippen LogP contribution < -0.4 is 4.90 Å². The summed E-state index contributed by atoms with van der Waals surface area (Å²) >= 11 is 0. The number of allylic oxidation sites excluding steroid dienone is 4. The molecule has 0 fully saturated rings. The van der Waals surface area contributed by atoms with Crippen LogP contribution in [0.5, 0.6) is 0 Å². The number of benzene rings is 10. The second kappa shape index (κ2) is 15.4. The van der Waals surface area contributed by atoms with E-state index in [0.29, 0.717) is 0 Å². The zero-order chi connectivity index (χ0) is 46.6. The highest BCUT2D eigenvalue weighted by Crippen LogP contribution is 2.58. The van der Waals surface area contributed by atoms with Gasteiger partial charge in [-0.2, -0.15) is 0 Å². The van der Waals surface area contributed by atoms with Crippen molar-refractivity contribution in [2.24, 2.45) is 0 Å². The average Bonchev–Trinajstić information content (AvgIpc) is 4.18. The number of fused-ring (bicyclic) bond motifs is 12. The topological polar surface area (TPSA) is 34.5 Å². The molecule has 0 saturated heterocycles. The van der Waals surface area contributed by atoms with Gasteiger partial charge in [0.15, 0.2) is 5.58 Å². The van der Waals surface area contributed by atoms with Gasteiger partial charge in [0.1, 0.15) is 22.4 Å². The lowest BCUT2D eigenvalue weighted by Crippen LogP contribution is -2.29. The standard InChI is InChI=1S/C67H44N2O2/c1-4-20-43(21-5-1)48-26-11-16-32-58(48)68(46-36-38-50-49-27-10-15-31-56(49)67(57(50)40-46,44-22-6-2-7-23-44)45-24-8-3-9-25-45)47-37-39-53-55-42-63-64(54-30-14-19-35-61(54)70-63)65(66(55)71-62(53)41-47)69-59-33-17-12-28-51(59)52-29-13-18-34-60(52)69/h1-2,4-8,10-42H,3,9H2. The predicted octanol–water partition coefficient (Wildman–Crippen LogP) is 18.3. The quantitative estimate of drug-likeness (QED) is 0.160. The second-order valence-corrected chi connectivity index (χ2v) is 19.0. The van der Waals surface area contributed by atoms with E-state index in [1.807, 2.05) is 6.07 Å². The Morgan fingerprint density at radius 1 is 0.437 bits per heavy atom. The van der Waals surface area contributed by atoms with Crippen LogP contribution in [0.4, 0.5) is 17.1 Å². The number of hydrogen-bond acceptors (Lipinski definition) is 3. The maximum absolute atomic E-state index is 7.39. The zero-order valence-corrected chi connectivity index (χ0v) is 38.7. The summed E-state index contributed by atoms with van der Waals surface area (Å²) in [6.07, 6.45) is 9.24. The SMILES string of the molecule is C1=CC(C2(c3ccccc3)c3ccccc3-c3ccc(N(c4ccc5c(c4)oc4c(-n6c7ccccc7c7ccccc76)c6c(cc45)oc4ccccc46)c4ccccc4-c4ccccc4)cc32)=CCC1. The molecule has 1 unspecified atom stereocenters. The maximum Gasteiger partial charge on any atom is 0.160 e. The molecule has 15 rings (SSSR count). The molecule has 13 aromatic rings. The third kappa shape index (κ3) is 5.73. The van der Waals surface area contributed by atoms with Gasteiger partial charge in [-0.05, 0) is 106 Å². The number of furan rings is 2. The van der Waals surface area contributed by atoms with Crippen molar-refractivity contribution in [3.63, 3.8) is 0 Å². The first-order valence-corrected chi connectivity index (χ1v) is 24.6. The Labute approximate surface area is 410 Å². The van der Waals surface area contributed by atoms with Gasteiger partial charge in [0.2, 0.25) is 0 Å². The van der Waals surface area contributed by atoms with E-state index in [1.165, 1.54) is 44.2 Å². The first-order valence-electron chi connectivity index (χ1n) is 24.6. The number of hydrogen-bond donors (Lipinski definition) is 0. The van der Waals surface area contributed by atoms with Crippen LogP contribution in [0.25, 0.3) is 93.6 Å². The van der Waals surface area contributed by atoms with Crippen molar-refractivity contribution in [2.45, 2.75) is 18.3 Å². The third-order valence-corrected chi connectivity index (χ3v) is 15.3. The molecule has 0 radical (unpaired) electrons. The molecule has 2 aliphatic carbocycles. The van der Waals surface area contributed by atoms with Crippen molar-refractivity contribution in [1.82, 2.24) is 4.57 Å². The highest BCUT2D eigenvalue weighted by molar-refractivity contribution is 6.23. The Hall–Kier alpha value is -9.12. The molecular formula is C67H44N2O2. The Bertz CT molecular complexity index is 4300. The highest BCUT2D eigenvalue weighted by atomic mass is 16.3. The summed E-state index contributed by atoms with van der Waals surface area (Å²) in [7, 11) is 0. The van der Waals surface area contributed by atoms with Gasteiger partial charge >= 0.3 is 0 Å². The fraction of sp³-hybridized carbons (Fsp3) is 0.0448. The lowest BCUT2D eigenvalue weighted by Gasteiger charge is -2.36. The van der Waals surface area contributed by atoms with E-state index in [2.05, 4.69) is 246 Å². The highest BCUT2D eigenvalue weighted by Gasteiger charge is 2.47. The van der Waals surface area contributed by atoms with Gasteiger partial charge in [0, 0.05) is 49.9 Å². The molecule has 2 aliphatic rings. The third-order valence-electron chi connectivity index (χ3n) is 15.3. The number of aromatic nitrogens is 1. The van der Waals surface area contributed by atoms with E-state index < -0.39 is 5.41 Å². The molecule has 0 spiro atoms. The molecule has 0 saturated carbocycles. The van der Waals surface area contributed by atoms with Crippen molar-refractivity contribution < 1.29 is 8.83 Å². The Morgan fingerprint density at radius 2 is 1.08 bits per heavy atom. The summed E-state index contributed by atoms with van der Waals surface area (Å²) in [5.74, 6) is 0. The molecule has 4 heteroatoms. The first kappa shape index (κ1) is 39.8. The van der Waals surface area contributed by atoms with E-state index in [4.69, 9.17) is 8.83 Å². The number of anilines is 3. The molecular weight excluding hydrogens is 865 g/mol.